The molecule has 1 aliphatic rings. The van der Waals surface area contributed by atoms with Gasteiger partial charge in [-0.25, -0.2) is 9.07 Å². The quantitative estimate of drug-likeness (QED) is 0.642. The average molecular weight is 394 g/mol. The fourth-order valence-corrected chi connectivity index (χ4v) is 4.17. The van der Waals surface area contributed by atoms with Gasteiger partial charge in [0.15, 0.2) is 5.78 Å². The standard InChI is InChI=1S/C21H19FN4OS/c1-13-18(14(2)27)19(15-8-4-3-5-9-15)26-20(23-13)24-21(25-26)28-12-16-10-6-7-11-17(16)22/h3-11,19H,12H2,1-2H3,(H,23,24,25). The number of carbonyl (C=O) groups excluding carboxylic acids is 1. The van der Waals surface area contributed by atoms with Crippen LogP contribution in [0.4, 0.5) is 10.3 Å². The second-order valence-corrected chi connectivity index (χ2v) is 7.52. The van der Waals surface area contributed by atoms with E-state index in [1.165, 1.54) is 17.8 Å². The lowest BCUT2D eigenvalue weighted by Gasteiger charge is -2.27. The van der Waals surface area contributed by atoms with Crippen LogP contribution < -0.4 is 5.32 Å². The molecule has 0 fully saturated rings. The van der Waals surface area contributed by atoms with Crippen LogP contribution in [0.2, 0.25) is 0 Å². The van der Waals surface area contributed by atoms with Crippen molar-refractivity contribution in [3.63, 3.8) is 0 Å². The van der Waals surface area contributed by atoms with Crippen molar-refractivity contribution in [2.45, 2.75) is 30.8 Å². The molecule has 0 saturated heterocycles. The Bertz CT molecular complexity index is 1060. The average Bonchev–Trinajstić information content (AvgIpc) is 3.09. The lowest BCUT2D eigenvalue weighted by molar-refractivity contribution is -0.114. The minimum atomic E-state index is -0.342. The lowest BCUT2D eigenvalue weighted by atomic mass is 9.93. The highest BCUT2D eigenvalue weighted by Gasteiger charge is 2.32. The SMILES string of the molecule is CC(=O)C1=C(C)Nc2nc(SCc3ccccc3F)nn2C1c1ccccc1. The zero-order valence-corrected chi connectivity index (χ0v) is 16.3. The molecule has 3 aromatic rings. The number of fused-ring (bicyclic) bond motifs is 1. The molecule has 0 spiro atoms. The molecule has 0 aliphatic carbocycles. The molecule has 142 valence electrons. The van der Waals surface area contributed by atoms with Crippen molar-refractivity contribution in [1.29, 1.82) is 0 Å². The molecule has 0 radical (unpaired) electrons. The number of rotatable bonds is 5. The van der Waals surface area contributed by atoms with E-state index in [2.05, 4.69) is 15.4 Å². The second-order valence-electron chi connectivity index (χ2n) is 6.58. The minimum absolute atomic E-state index is 0.0134. The second kappa shape index (κ2) is 7.59. The molecule has 28 heavy (non-hydrogen) atoms. The van der Waals surface area contributed by atoms with Crippen molar-refractivity contribution < 1.29 is 9.18 Å². The maximum absolute atomic E-state index is 13.9. The number of hydrogen-bond acceptors (Lipinski definition) is 5. The zero-order valence-electron chi connectivity index (χ0n) is 15.5. The molecule has 2 heterocycles. The Kier molecular flexibility index (Phi) is 5.00. The fraction of sp³-hybridized carbons (Fsp3) is 0.190. The largest absolute Gasteiger partial charge is 0.328 e. The van der Waals surface area contributed by atoms with Gasteiger partial charge in [0.05, 0.1) is 0 Å². The zero-order chi connectivity index (χ0) is 19.7. The molecule has 1 N–H and O–H groups in total. The third-order valence-corrected chi connectivity index (χ3v) is 5.53. The Balaban J connectivity index is 1.68. The summed E-state index contributed by atoms with van der Waals surface area (Å²) in [5.74, 6) is 0.751. The number of halogens is 1. The van der Waals surface area contributed by atoms with Gasteiger partial charge in [0.25, 0.3) is 0 Å². The molecule has 4 rings (SSSR count). The number of benzene rings is 2. The monoisotopic (exact) mass is 394 g/mol. The first-order chi connectivity index (χ1) is 13.5. The molecule has 5 nitrogen and oxygen atoms in total. The number of aromatic nitrogens is 3. The number of carbonyl (C=O) groups is 1. The number of nitrogens with one attached hydrogen (secondary N) is 1. The van der Waals surface area contributed by atoms with Gasteiger partial charge in [0, 0.05) is 17.0 Å². The summed E-state index contributed by atoms with van der Waals surface area (Å²) in [5, 5.41) is 8.33. The summed E-state index contributed by atoms with van der Waals surface area (Å²) in [6.07, 6.45) is 0. The highest BCUT2D eigenvalue weighted by atomic mass is 32.2. The van der Waals surface area contributed by atoms with Crippen molar-refractivity contribution in [2.24, 2.45) is 0 Å². The molecule has 1 aromatic heterocycles. The molecule has 2 aromatic carbocycles. The highest BCUT2D eigenvalue weighted by Crippen LogP contribution is 2.36. The number of thioether (sulfide) groups is 1. The van der Waals surface area contributed by atoms with Gasteiger partial charge in [-0.15, -0.1) is 5.10 Å². The smallest absolute Gasteiger partial charge is 0.227 e. The predicted molar refractivity (Wildman–Crippen MR) is 108 cm³/mol. The lowest BCUT2D eigenvalue weighted by Crippen LogP contribution is -2.27. The number of nitrogens with zero attached hydrogens (tertiary/aromatic N) is 3. The van der Waals surface area contributed by atoms with Crippen LogP contribution in [0.15, 0.2) is 71.0 Å². The molecule has 0 saturated carbocycles. The molecular formula is C21H19FN4OS. The Morgan fingerprint density at radius 3 is 2.61 bits per heavy atom. The number of Topliss-reactive ketones (excluding diaryl/α,β-unsaturated/α-hetero) is 1. The van der Waals surface area contributed by atoms with Crippen LogP contribution in [0.3, 0.4) is 0 Å². The Labute approximate surface area is 166 Å². The van der Waals surface area contributed by atoms with Gasteiger partial charge in [0.1, 0.15) is 11.9 Å². The highest BCUT2D eigenvalue weighted by molar-refractivity contribution is 7.98. The van der Waals surface area contributed by atoms with Crippen LogP contribution in [-0.4, -0.2) is 20.5 Å². The minimum Gasteiger partial charge on any atom is -0.328 e. The van der Waals surface area contributed by atoms with E-state index in [4.69, 9.17) is 0 Å². The first-order valence-electron chi connectivity index (χ1n) is 8.91. The van der Waals surface area contributed by atoms with Gasteiger partial charge in [-0.1, -0.05) is 60.3 Å². The summed E-state index contributed by atoms with van der Waals surface area (Å²) < 4.78 is 15.6. The Hall–Kier alpha value is -2.93. The van der Waals surface area contributed by atoms with Crippen molar-refractivity contribution in [3.8, 4) is 0 Å². The number of ketones is 1. The molecule has 1 atom stereocenters. The van der Waals surface area contributed by atoms with Crippen molar-refractivity contribution in [3.05, 3.63) is 82.8 Å². The molecule has 0 amide bonds. The van der Waals surface area contributed by atoms with Gasteiger partial charge >= 0.3 is 0 Å². The van der Waals surface area contributed by atoms with E-state index in [0.717, 1.165) is 11.3 Å². The van der Waals surface area contributed by atoms with Crippen LogP contribution >= 0.6 is 11.8 Å². The summed E-state index contributed by atoms with van der Waals surface area (Å²) in [6, 6.07) is 16.1. The summed E-state index contributed by atoms with van der Waals surface area (Å²) in [6.45, 7) is 3.43. The fourth-order valence-electron chi connectivity index (χ4n) is 3.35. The van der Waals surface area contributed by atoms with E-state index in [0.29, 0.717) is 28.0 Å². The molecule has 0 bridgehead atoms. The van der Waals surface area contributed by atoms with Crippen molar-refractivity contribution >= 4 is 23.5 Å². The first-order valence-corrected chi connectivity index (χ1v) is 9.89. The van der Waals surface area contributed by atoms with E-state index < -0.39 is 0 Å². The van der Waals surface area contributed by atoms with Crippen LogP contribution in [-0.2, 0) is 10.5 Å². The predicted octanol–water partition coefficient (Wildman–Crippen LogP) is 4.59. The summed E-state index contributed by atoms with van der Waals surface area (Å²) >= 11 is 1.36. The Morgan fingerprint density at radius 2 is 1.89 bits per heavy atom. The first kappa shape index (κ1) is 18.4. The molecular weight excluding hydrogens is 375 g/mol. The van der Waals surface area contributed by atoms with Crippen LogP contribution in [0.1, 0.15) is 31.0 Å². The van der Waals surface area contributed by atoms with Crippen LogP contribution in [0.5, 0.6) is 0 Å². The van der Waals surface area contributed by atoms with Gasteiger partial charge in [-0.05, 0) is 31.0 Å². The third kappa shape index (κ3) is 3.45. The Morgan fingerprint density at radius 1 is 1.18 bits per heavy atom. The van der Waals surface area contributed by atoms with Crippen LogP contribution in [0.25, 0.3) is 0 Å². The van der Waals surface area contributed by atoms with Crippen LogP contribution in [0, 0.1) is 5.82 Å². The number of allylic oxidation sites excluding steroid dienone is 2. The number of hydrogen-bond donors (Lipinski definition) is 1. The van der Waals surface area contributed by atoms with E-state index in [9.17, 15) is 9.18 Å². The van der Waals surface area contributed by atoms with E-state index in [1.54, 1.807) is 23.7 Å². The maximum atomic E-state index is 13.9. The summed E-state index contributed by atoms with van der Waals surface area (Å²) in [5.41, 5.74) is 3.00. The van der Waals surface area contributed by atoms with Crippen molar-refractivity contribution in [1.82, 2.24) is 14.8 Å². The molecule has 1 aliphatic heterocycles. The van der Waals surface area contributed by atoms with E-state index in [1.807, 2.05) is 43.3 Å². The van der Waals surface area contributed by atoms with Gasteiger partial charge in [-0.3, -0.25) is 4.79 Å². The molecule has 1 unspecified atom stereocenters. The van der Waals surface area contributed by atoms with Gasteiger partial charge in [0.2, 0.25) is 11.1 Å². The van der Waals surface area contributed by atoms with E-state index >= 15 is 0 Å². The maximum Gasteiger partial charge on any atom is 0.227 e. The van der Waals surface area contributed by atoms with Gasteiger partial charge in [-0.2, -0.15) is 4.98 Å². The topological polar surface area (TPSA) is 59.8 Å². The van der Waals surface area contributed by atoms with E-state index in [-0.39, 0.29) is 17.6 Å². The summed E-state index contributed by atoms with van der Waals surface area (Å²) in [4.78, 5) is 16.9. The third-order valence-electron chi connectivity index (χ3n) is 4.64. The molecule has 7 heteroatoms. The van der Waals surface area contributed by atoms with Gasteiger partial charge < -0.3 is 5.32 Å². The summed E-state index contributed by atoms with van der Waals surface area (Å²) in [7, 11) is 0. The van der Waals surface area contributed by atoms with Crippen molar-refractivity contribution in [2.75, 3.05) is 5.32 Å². The normalized spacial score (nSPS) is 15.9. The number of anilines is 1.